The Bertz CT molecular complexity index is 680. The number of hydrogen-bond acceptors (Lipinski definition) is 3. The summed E-state index contributed by atoms with van der Waals surface area (Å²) in [6.45, 7) is 3.31. The average molecular weight is 275 g/mol. The van der Waals surface area contributed by atoms with E-state index in [1.807, 2.05) is 0 Å². The number of carbonyl (C=O) groups excluding carboxylic acids is 1. The molecule has 1 amide bonds. The van der Waals surface area contributed by atoms with E-state index in [0.717, 1.165) is 4.68 Å². The Kier molecular flexibility index (Phi) is 3.93. The Hall–Kier alpha value is -2.50. The van der Waals surface area contributed by atoms with Gasteiger partial charge < -0.3 is 5.32 Å². The van der Waals surface area contributed by atoms with E-state index >= 15 is 0 Å². The molecule has 20 heavy (non-hydrogen) atoms. The van der Waals surface area contributed by atoms with E-state index in [2.05, 4.69) is 10.4 Å². The highest BCUT2D eigenvalue weighted by Crippen LogP contribution is 2.11. The van der Waals surface area contributed by atoms with Gasteiger partial charge in [-0.05, 0) is 44.2 Å². The molecule has 0 aliphatic carbocycles. The number of nitrogens with one attached hydrogen (secondary N) is 1. The molecule has 1 aromatic carbocycles. The number of carbonyl (C=O) groups is 1. The van der Waals surface area contributed by atoms with E-state index in [9.17, 15) is 14.0 Å². The van der Waals surface area contributed by atoms with Crippen LogP contribution in [-0.2, 0) is 4.79 Å². The summed E-state index contributed by atoms with van der Waals surface area (Å²) in [6.07, 6.45) is 0. The first-order valence-corrected chi connectivity index (χ1v) is 6.10. The van der Waals surface area contributed by atoms with E-state index in [4.69, 9.17) is 0 Å². The van der Waals surface area contributed by atoms with Crippen LogP contribution in [-0.4, -0.2) is 15.7 Å². The molecule has 0 spiro atoms. The Balaban J connectivity index is 2.18. The Labute approximate surface area is 115 Å². The van der Waals surface area contributed by atoms with Crippen molar-refractivity contribution in [2.45, 2.75) is 19.9 Å². The summed E-state index contributed by atoms with van der Waals surface area (Å²) < 4.78 is 13.9. The number of aryl methyl sites for hydroxylation is 1. The molecule has 0 saturated carbocycles. The monoisotopic (exact) mass is 275 g/mol. The number of halogens is 1. The molecule has 0 aliphatic rings. The molecule has 2 aromatic rings. The van der Waals surface area contributed by atoms with Gasteiger partial charge in [0.1, 0.15) is 11.9 Å². The van der Waals surface area contributed by atoms with Crippen molar-refractivity contribution in [2.24, 2.45) is 0 Å². The van der Waals surface area contributed by atoms with Crippen molar-refractivity contribution in [1.29, 1.82) is 0 Å². The quantitative estimate of drug-likeness (QED) is 0.930. The molecular weight excluding hydrogens is 261 g/mol. The van der Waals surface area contributed by atoms with Gasteiger partial charge in [-0.3, -0.25) is 9.59 Å². The van der Waals surface area contributed by atoms with E-state index in [1.54, 1.807) is 19.9 Å². The van der Waals surface area contributed by atoms with Crippen LogP contribution in [0.2, 0.25) is 0 Å². The molecule has 0 bridgehead atoms. The van der Waals surface area contributed by atoms with Crippen LogP contribution in [0, 0.1) is 12.7 Å². The van der Waals surface area contributed by atoms with Gasteiger partial charge in [0.05, 0.1) is 5.69 Å². The number of aromatic nitrogens is 2. The van der Waals surface area contributed by atoms with Crippen LogP contribution in [0.25, 0.3) is 0 Å². The second-order valence-corrected chi connectivity index (χ2v) is 4.43. The Morgan fingerprint density at radius 2 is 1.90 bits per heavy atom. The second kappa shape index (κ2) is 5.64. The lowest BCUT2D eigenvalue weighted by Gasteiger charge is -2.14. The molecule has 0 aliphatic heterocycles. The summed E-state index contributed by atoms with van der Waals surface area (Å²) in [4.78, 5) is 23.7. The van der Waals surface area contributed by atoms with Gasteiger partial charge in [-0.15, -0.1) is 0 Å². The maximum atomic E-state index is 12.8. The third-order valence-electron chi connectivity index (χ3n) is 2.82. The zero-order valence-electron chi connectivity index (χ0n) is 11.1. The fraction of sp³-hybridized carbons (Fsp3) is 0.214. The number of amides is 1. The molecule has 0 saturated heterocycles. The highest BCUT2D eigenvalue weighted by Gasteiger charge is 2.17. The van der Waals surface area contributed by atoms with Crippen molar-refractivity contribution in [3.63, 3.8) is 0 Å². The lowest BCUT2D eigenvalue weighted by molar-refractivity contribution is -0.119. The third-order valence-corrected chi connectivity index (χ3v) is 2.82. The second-order valence-electron chi connectivity index (χ2n) is 4.43. The number of anilines is 1. The zero-order chi connectivity index (χ0) is 14.7. The number of nitrogens with zero attached hydrogens (tertiary/aromatic N) is 2. The standard InChI is InChI=1S/C14H14FN3O2/c1-9-3-8-13(19)18(17-9)10(2)14(20)16-12-6-4-11(15)5-7-12/h3-8,10H,1-2H3,(H,16,20)/t10-/m1/s1. The fourth-order valence-corrected chi connectivity index (χ4v) is 1.69. The number of benzene rings is 1. The van der Waals surface area contributed by atoms with Gasteiger partial charge in [0.15, 0.2) is 0 Å². The molecule has 0 radical (unpaired) electrons. The van der Waals surface area contributed by atoms with Crippen LogP contribution in [0.1, 0.15) is 18.7 Å². The lowest BCUT2D eigenvalue weighted by Crippen LogP contribution is -2.33. The highest BCUT2D eigenvalue weighted by molar-refractivity contribution is 5.93. The first-order valence-electron chi connectivity index (χ1n) is 6.10. The highest BCUT2D eigenvalue weighted by atomic mass is 19.1. The van der Waals surface area contributed by atoms with Crippen LogP contribution < -0.4 is 10.9 Å². The molecule has 0 fully saturated rings. The van der Waals surface area contributed by atoms with Crippen molar-refractivity contribution in [2.75, 3.05) is 5.32 Å². The van der Waals surface area contributed by atoms with Crippen molar-refractivity contribution in [3.8, 4) is 0 Å². The molecule has 6 heteroatoms. The van der Waals surface area contributed by atoms with Crippen molar-refractivity contribution < 1.29 is 9.18 Å². The summed E-state index contributed by atoms with van der Waals surface area (Å²) in [5, 5.41) is 6.64. The van der Waals surface area contributed by atoms with Crippen LogP contribution in [0.5, 0.6) is 0 Å². The minimum atomic E-state index is -0.757. The number of hydrogen-bond donors (Lipinski definition) is 1. The molecular formula is C14H14FN3O2. The number of rotatable bonds is 3. The van der Waals surface area contributed by atoms with Gasteiger partial charge in [-0.1, -0.05) is 0 Å². The predicted octanol–water partition coefficient (Wildman–Crippen LogP) is 1.89. The van der Waals surface area contributed by atoms with Crippen LogP contribution in [0.3, 0.4) is 0 Å². The molecule has 1 N–H and O–H groups in total. The molecule has 1 atom stereocenters. The van der Waals surface area contributed by atoms with Crippen LogP contribution in [0.15, 0.2) is 41.2 Å². The van der Waals surface area contributed by atoms with Gasteiger partial charge >= 0.3 is 0 Å². The smallest absolute Gasteiger partial charge is 0.267 e. The summed E-state index contributed by atoms with van der Waals surface area (Å²) in [5.41, 5.74) is 0.757. The van der Waals surface area contributed by atoms with Crippen LogP contribution in [0.4, 0.5) is 10.1 Å². The normalized spacial score (nSPS) is 11.9. The van der Waals surface area contributed by atoms with Gasteiger partial charge in [-0.2, -0.15) is 5.10 Å². The van der Waals surface area contributed by atoms with E-state index in [0.29, 0.717) is 11.4 Å². The first kappa shape index (κ1) is 13.9. The maximum Gasteiger partial charge on any atom is 0.267 e. The third kappa shape index (κ3) is 3.09. The van der Waals surface area contributed by atoms with Crippen molar-refractivity contribution >= 4 is 11.6 Å². The fourth-order valence-electron chi connectivity index (χ4n) is 1.69. The SMILES string of the molecule is Cc1ccc(=O)n([C@H](C)C(=O)Nc2ccc(F)cc2)n1. The zero-order valence-corrected chi connectivity index (χ0v) is 11.1. The van der Waals surface area contributed by atoms with Crippen molar-refractivity contribution in [1.82, 2.24) is 9.78 Å². The Morgan fingerprint density at radius 3 is 2.55 bits per heavy atom. The molecule has 5 nitrogen and oxygen atoms in total. The van der Waals surface area contributed by atoms with Gasteiger partial charge in [0, 0.05) is 11.8 Å². The van der Waals surface area contributed by atoms with Crippen LogP contribution >= 0.6 is 0 Å². The van der Waals surface area contributed by atoms with E-state index in [-0.39, 0.29) is 11.4 Å². The Morgan fingerprint density at radius 1 is 1.25 bits per heavy atom. The largest absolute Gasteiger partial charge is 0.324 e. The topological polar surface area (TPSA) is 64.0 Å². The molecule has 104 valence electrons. The summed E-state index contributed by atoms with van der Waals surface area (Å²) in [7, 11) is 0. The first-order chi connectivity index (χ1) is 9.47. The average Bonchev–Trinajstić information content (AvgIpc) is 2.43. The molecule has 1 heterocycles. The maximum absolute atomic E-state index is 12.8. The predicted molar refractivity (Wildman–Crippen MR) is 73.0 cm³/mol. The van der Waals surface area contributed by atoms with E-state index < -0.39 is 11.9 Å². The molecule has 2 rings (SSSR count). The summed E-state index contributed by atoms with van der Waals surface area (Å²) in [5.74, 6) is -0.774. The summed E-state index contributed by atoms with van der Waals surface area (Å²) >= 11 is 0. The minimum absolute atomic E-state index is 0.350. The molecule has 1 aromatic heterocycles. The van der Waals surface area contributed by atoms with Gasteiger partial charge in [0.25, 0.3) is 5.56 Å². The van der Waals surface area contributed by atoms with Crippen molar-refractivity contribution in [3.05, 3.63) is 58.3 Å². The van der Waals surface area contributed by atoms with Gasteiger partial charge in [0.2, 0.25) is 5.91 Å². The van der Waals surface area contributed by atoms with Gasteiger partial charge in [-0.25, -0.2) is 9.07 Å². The minimum Gasteiger partial charge on any atom is -0.324 e. The summed E-state index contributed by atoms with van der Waals surface area (Å²) in [6, 6.07) is 7.59. The lowest BCUT2D eigenvalue weighted by atomic mass is 10.2. The molecule has 0 unspecified atom stereocenters. The van der Waals surface area contributed by atoms with E-state index in [1.165, 1.54) is 30.3 Å².